The summed E-state index contributed by atoms with van der Waals surface area (Å²) >= 11 is 0. The zero-order valence-corrected chi connectivity index (χ0v) is 16.9. The van der Waals surface area contributed by atoms with Crippen molar-refractivity contribution < 1.29 is 19.1 Å². The van der Waals surface area contributed by atoms with Gasteiger partial charge in [-0.2, -0.15) is 0 Å². The van der Waals surface area contributed by atoms with Crippen molar-refractivity contribution >= 4 is 17.4 Å². The minimum Gasteiger partial charge on any atom is -0.507 e. The van der Waals surface area contributed by atoms with Crippen LogP contribution in [0, 0.1) is 13.8 Å². The summed E-state index contributed by atoms with van der Waals surface area (Å²) in [4.78, 5) is 31.3. The van der Waals surface area contributed by atoms with Gasteiger partial charge in [0.2, 0.25) is 0 Å². The van der Waals surface area contributed by atoms with Crippen LogP contribution in [0.3, 0.4) is 0 Å². The Hall–Kier alpha value is -3.61. The number of amides is 1. The quantitative estimate of drug-likeness (QED) is 0.385. The molecule has 1 aliphatic rings. The van der Waals surface area contributed by atoms with E-state index in [0.29, 0.717) is 30.8 Å². The molecule has 1 saturated heterocycles. The van der Waals surface area contributed by atoms with E-state index in [4.69, 9.17) is 4.42 Å². The summed E-state index contributed by atoms with van der Waals surface area (Å²) in [5, 5.41) is 11.1. The lowest BCUT2D eigenvalue weighted by Gasteiger charge is -2.23. The fourth-order valence-electron chi connectivity index (χ4n) is 3.83. The van der Waals surface area contributed by atoms with E-state index in [-0.39, 0.29) is 11.3 Å². The Balaban J connectivity index is 1.73. The van der Waals surface area contributed by atoms with Crippen molar-refractivity contribution in [3.8, 4) is 0 Å². The number of likely N-dealkylation sites (tertiary alicyclic amines) is 1. The first-order valence-corrected chi connectivity index (χ1v) is 9.82. The highest BCUT2D eigenvalue weighted by Gasteiger charge is 2.47. The summed E-state index contributed by atoms with van der Waals surface area (Å²) in [6.07, 6.45) is 7.37. The molecule has 7 nitrogen and oxygen atoms in total. The van der Waals surface area contributed by atoms with Crippen LogP contribution >= 0.6 is 0 Å². The van der Waals surface area contributed by atoms with Crippen molar-refractivity contribution in [1.29, 1.82) is 0 Å². The van der Waals surface area contributed by atoms with Gasteiger partial charge in [-0.1, -0.05) is 17.7 Å². The lowest BCUT2D eigenvalue weighted by atomic mass is 9.96. The summed E-state index contributed by atoms with van der Waals surface area (Å²) in [5.41, 5.74) is 2.38. The minimum absolute atomic E-state index is 0.0614. The molecule has 0 saturated carbocycles. The Bertz CT molecular complexity index is 1100. The van der Waals surface area contributed by atoms with Gasteiger partial charge >= 0.3 is 0 Å². The Morgan fingerprint density at radius 3 is 2.73 bits per heavy atom. The molecule has 154 valence electrons. The predicted molar refractivity (Wildman–Crippen MR) is 110 cm³/mol. The second kappa shape index (κ2) is 8.02. The van der Waals surface area contributed by atoms with Crippen molar-refractivity contribution in [2.75, 3.05) is 6.54 Å². The molecule has 3 heterocycles. The van der Waals surface area contributed by atoms with Gasteiger partial charge in [0.25, 0.3) is 11.7 Å². The Morgan fingerprint density at radius 1 is 1.20 bits per heavy atom. The van der Waals surface area contributed by atoms with Crippen molar-refractivity contribution in [2.24, 2.45) is 0 Å². The maximum Gasteiger partial charge on any atom is 0.295 e. The minimum atomic E-state index is -0.761. The van der Waals surface area contributed by atoms with Crippen molar-refractivity contribution in [3.63, 3.8) is 0 Å². The van der Waals surface area contributed by atoms with Crippen LogP contribution in [-0.2, 0) is 16.1 Å². The fraction of sp³-hybridized carbons (Fsp3) is 0.261. The molecule has 0 radical (unpaired) electrons. The number of aromatic nitrogens is 2. The number of imidazole rings is 1. The van der Waals surface area contributed by atoms with Gasteiger partial charge in [0.1, 0.15) is 17.6 Å². The number of aryl methyl sites for hydroxylation is 3. The normalized spacial score (nSPS) is 18.3. The van der Waals surface area contributed by atoms with Crippen LogP contribution in [0.4, 0.5) is 0 Å². The Kier molecular flexibility index (Phi) is 5.27. The first-order chi connectivity index (χ1) is 14.5. The third-order valence-corrected chi connectivity index (χ3v) is 5.38. The van der Waals surface area contributed by atoms with E-state index in [1.54, 1.807) is 24.7 Å². The molecule has 0 bridgehead atoms. The molecule has 4 rings (SSSR count). The number of ketones is 1. The molecule has 1 atom stereocenters. The molecular weight excluding hydrogens is 382 g/mol. The maximum absolute atomic E-state index is 13.0. The average molecular weight is 405 g/mol. The number of carbonyl (C=O) groups excluding carboxylic acids is 2. The average Bonchev–Trinajstić information content (AvgIpc) is 3.47. The number of rotatable bonds is 6. The van der Waals surface area contributed by atoms with Gasteiger partial charge in [0.05, 0.1) is 18.2 Å². The Labute approximate surface area is 174 Å². The molecule has 1 unspecified atom stereocenters. The standard InChI is InChI=1S/C23H23N3O4/c1-15-6-7-16(2)17(13-15)21(27)19-20(18-5-3-12-30-18)26(23(29)22(19)28)10-4-9-25-11-8-24-14-25/h3,5-8,11-14,20,27H,4,9-10H2,1-2H3/b21-19-. The zero-order chi connectivity index (χ0) is 21.3. The van der Waals surface area contributed by atoms with E-state index in [1.807, 2.05) is 42.8 Å². The second-order valence-corrected chi connectivity index (χ2v) is 7.48. The van der Waals surface area contributed by atoms with Crippen LogP contribution in [0.25, 0.3) is 5.76 Å². The van der Waals surface area contributed by atoms with Crippen LogP contribution in [0.15, 0.2) is 65.3 Å². The number of nitrogens with zero attached hydrogens (tertiary/aromatic N) is 3. The highest BCUT2D eigenvalue weighted by atomic mass is 16.3. The van der Waals surface area contributed by atoms with Crippen LogP contribution in [-0.4, -0.2) is 37.8 Å². The van der Waals surface area contributed by atoms with Crippen LogP contribution in [0.2, 0.25) is 0 Å². The molecular formula is C23H23N3O4. The van der Waals surface area contributed by atoms with Gasteiger partial charge in [-0.3, -0.25) is 9.59 Å². The summed E-state index contributed by atoms with van der Waals surface area (Å²) in [7, 11) is 0. The fourth-order valence-corrected chi connectivity index (χ4v) is 3.83. The summed E-state index contributed by atoms with van der Waals surface area (Å²) < 4.78 is 7.47. The Morgan fingerprint density at radius 2 is 2.03 bits per heavy atom. The van der Waals surface area contributed by atoms with Crippen LogP contribution < -0.4 is 0 Å². The molecule has 3 aromatic rings. The largest absolute Gasteiger partial charge is 0.507 e. The van der Waals surface area contributed by atoms with Gasteiger partial charge in [-0.25, -0.2) is 4.98 Å². The number of benzene rings is 1. The monoisotopic (exact) mass is 405 g/mol. The van der Waals surface area contributed by atoms with Crippen LogP contribution in [0.1, 0.15) is 34.9 Å². The maximum atomic E-state index is 13.0. The topological polar surface area (TPSA) is 88.6 Å². The first kappa shape index (κ1) is 19.7. The van der Waals surface area contributed by atoms with E-state index < -0.39 is 17.7 Å². The van der Waals surface area contributed by atoms with E-state index in [0.717, 1.165) is 11.1 Å². The molecule has 1 aliphatic heterocycles. The third kappa shape index (κ3) is 3.54. The third-order valence-electron chi connectivity index (χ3n) is 5.38. The number of carbonyl (C=O) groups is 2. The number of aliphatic hydroxyl groups is 1. The van der Waals surface area contributed by atoms with Crippen molar-refractivity contribution in [3.05, 3.63) is 83.3 Å². The molecule has 0 spiro atoms. The van der Waals surface area contributed by atoms with Gasteiger partial charge in [-0.05, 0) is 44.0 Å². The number of hydrogen-bond donors (Lipinski definition) is 1. The van der Waals surface area contributed by atoms with Gasteiger partial charge in [-0.15, -0.1) is 0 Å². The summed E-state index contributed by atoms with van der Waals surface area (Å²) in [6, 6.07) is 8.30. The molecule has 1 N–H and O–H groups in total. The number of hydrogen-bond acceptors (Lipinski definition) is 5. The van der Waals surface area contributed by atoms with Crippen LogP contribution in [0.5, 0.6) is 0 Å². The number of Topliss-reactive ketones (excluding diaryl/α,β-unsaturated/α-hetero) is 1. The van der Waals surface area contributed by atoms with Gasteiger partial charge in [0, 0.05) is 31.0 Å². The molecule has 30 heavy (non-hydrogen) atoms. The lowest BCUT2D eigenvalue weighted by Crippen LogP contribution is -2.31. The molecule has 0 aliphatic carbocycles. The first-order valence-electron chi connectivity index (χ1n) is 9.82. The highest BCUT2D eigenvalue weighted by Crippen LogP contribution is 2.40. The molecule has 1 aromatic carbocycles. The van der Waals surface area contributed by atoms with E-state index >= 15 is 0 Å². The highest BCUT2D eigenvalue weighted by molar-refractivity contribution is 6.46. The molecule has 1 fully saturated rings. The van der Waals surface area contributed by atoms with E-state index in [2.05, 4.69) is 4.98 Å². The van der Waals surface area contributed by atoms with Gasteiger partial charge in [0.15, 0.2) is 0 Å². The lowest BCUT2D eigenvalue weighted by molar-refractivity contribution is -0.140. The molecule has 2 aromatic heterocycles. The summed E-state index contributed by atoms with van der Waals surface area (Å²) in [6.45, 7) is 4.77. The number of furan rings is 1. The van der Waals surface area contributed by atoms with Gasteiger partial charge < -0.3 is 19.0 Å². The van der Waals surface area contributed by atoms with E-state index in [1.165, 1.54) is 11.2 Å². The SMILES string of the molecule is Cc1ccc(C)c(/C(O)=C2/C(=O)C(=O)N(CCCn3ccnc3)C2c2ccco2)c1. The van der Waals surface area contributed by atoms with Crippen molar-refractivity contribution in [2.45, 2.75) is 32.9 Å². The zero-order valence-electron chi connectivity index (χ0n) is 16.9. The summed E-state index contributed by atoms with van der Waals surface area (Å²) in [5.74, 6) is -1.05. The number of aliphatic hydroxyl groups excluding tert-OH is 1. The predicted octanol–water partition coefficient (Wildman–Crippen LogP) is 3.60. The smallest absolute Gasteiger partial charge is 0.295 e. The molecule has 7 heteroatoms. The van der Waals surface area contributed by atoms with E-state index in [9.17, 15) is 14.7 Å². The van der Waals surface area contributed by atoms with Crippen molar-refractivity contribution in [1.82, 2.24) is 14.5 Å². The molecule has 1 amide bonds. The second-order valence-electron chi connectivity index (χ2n) is 7.48.